The van der Waals surface area contributed by atoms with Crippen LogP contribution < -0.4 is 21.3 Å². The molecule has 3 aromatic rings. The third kappa shape index (κ3) is 2.92. The van der Waals surface area contributed by atoms with Crippen molar-refractivity contribution in [2.24, 2.45) is 5.73 Å². The molecule has 0 saturated heterocycles. The molecule has 0 fully saturated rings. The first-order chi connectivity index (χ1) is 13.1. The van der Waals surface area contributed by atoms with Crippen molar-refractivity contribution in [3.63, 3.8) is 0 Å². The van der Waals surface area contributed by atoms with Crippen LogP contribution in [0.25, 0.3) is 10.9 Å². The van der Waals surface area contributed by atoms with E-state index in [4.69, 9.17) is 5.73 Å². The Balaban J connectivity index is 1.68. The maximum absolute atomic E-state index is 12.2. The minimum atomic E-state index is -0.0983. The van der Waals surface area contributed by atoms with Crippen molar-refractivity contribution < 1.29 is 4.79 Å². The summed E-state index contributed by atoms with van der Waals surface area (Å²) in [6.07, 6.45) is 0.0229. The van der Waals surface area contributed by atoms with E-state index in [0.29, 0.717) is 18.7 Å². The number of hydrogen-bond acceptors (Lipinski definition) is 4. The SMILES string of the molecule is CCn1c(C2Nc3cc(C(=O)NCCN)ccc3N2C)cc2ccccc21. The summed E-state index contributed by atoms with van der Waals surface area (Å²) < 4.78 is 2.34. The number of fused-ring (bicyclic) bond motifs is 2. The summed E-state index contributed by atoms with van der Waals surface area (Å²) in [4.78, 5) is 14.5. The van der Waals surface area contributed by atoms with Gasteiger partial charge in [0, 0.05) is 43.1 Å². The molecule has 1 atom stereocenters. The Hall–Kier alpha value is -2.99. The number of amides is 1. The molecule has 0 saturated carbocycles. The minimum absolute atomic E-state index is 0.0229. The maximum atomic E-state index is 12.2. The fraction of sp³-hybridized carbons (Fsp3) is 0.286. The highest BCUT2D eigenvalue weighted by molar-refractivity contribution is 5.97. The van der Waals surface area contributed by atoms with Crippen LogP contribution in [0.2, 0.25) is 0 Å². The van der Waals surface area contributed by atoms with E-state index < -0.39 is 0 Å². The lowest BCUT2D eigenvalue weighted by molar-refractivity contribution is 0.0955. The van der Waals surface area contributed by atoms with E-state index in [2.05, 4.69) is 64.4 Å². The van der Waals surface area contributed by atoms with Crippen molar-refractivity contribution in [3.8, 4) is 0 Å². The van der Waals surface area contributed by atoms with Gasteiger partial charge in [-0.3, -0.25) is 4.79 Å². The Morgan fingerprint density at radius 2 is 2.04 bits per heavy atom. The molecule has 0 aliphatic carbocycles. The first-order valence-electron chi connectivity index (χ1n) is 9.34. The van der Waals surface area contributed by atoms with Crippen molar-refractivity contribution in [1.29, 1.82) is 0 Å². The lowest BCUT2D eigenvalue weighted by Crippen LogP contribution is -2.28. The molecule has 1 unspecified atom stereocenters. The van der Waals surface area contributed by atoms with Crippen molar-refractivity contribution in [2.45, 2.75) is 19.6 Å². The molecular formula is C21H25N5O. The molecule has 4 N–H and O–H groups in total. The number of para-hydroxylation sites is 1. The van der Waals surface area contributed by atoms with Crippen LogP contribution in [0.15, 0.2) is 48.5 Å². The number of carbonyl (C=O) groups excluding carboxylic acids is 1. The lowest BCUT2D eigenvalue weighted by Gasteiger charge is -2.23. The highest BCUT2D eigenvalue weighted by atomic mass is 16.1. The van der Waals surface area contributed by atoms with Gasteiger partial charge in [0.2, 0.25) is 0 Å². The number of nitrogens with two attached hydrogens (primary N) is 1. The van der Waals surface area contributed by atoms with E-state index in [-0.39, 0.29) is 12.1 Å². The van der Waals surface area contributed by atoms with Gasteiger partial charge in [0.15, 0.2) is 0 Å². The number of anilines is 2. The fourth-order valence-electron chi connectivity index (χ4n) is 3.85. The van der Waals surface area contributed by atoms with Crippen molar-refractivity contribution >= 4 is 28.2 Å². The number of aryl methyl sites for hydroxylation is 1. The standard InChI is InChI=1S/C21H25N5O/c1-3-26-17-7-5-4-6-14(17)13-19(26)20-24-16-12-15(21(27)23-11-10-22)8-9-18(16)25(20)2/h4-9,12-13,20,24H,3,10-11,22H2,1-2H3,(H,23,27). The Morgan fingerprint density at radius 1 is 1.22 bits per heavy atom. The van der Waals surface area contributed by atoms with E-state index >= 15 is 0 Å². The Morgan fingerprint density at radius 3 is 2.81 bits per heavy atom. The zero-order chi connectivity index (χ0) is 19.0. The largest absolute Gasteiger partial charge is 0.359 e. The Bertz CT molecular complexity index is 993. The van der Waals surface area contributed by atoms with Crippen molar-refractivity contribution in [2.75, 3.05) is 30.4 Å². The second-order valence-electron chi connectivity index (χ2n) is 6.81. The van der Waals surface area contributed by atoms with Crippen LogP contribution in [0.5, 0.6) is 0 Å². The minimum Gasteiger partial charge on any atom is -0.359 e. The summed E-state index contributed by atoms with van der Waals surface area (Å²) in [7, 11) is 2.08. The highest BCUT2D eigenvalue weighted by Crippen LogP contribution is 2.41. The molecule has 2 heterocycles. The lowest BCUT2D eigenvalue weighted by atomic mass is 10.1. The number of aromatic nitrogens is 1. The monoisotopic (exact) mass is 363 g/mol. The van der Waals surface area contributed by atoms with E-state index in [9.17, 15) is 4.79 Å². The zero-order valence-corrected chi connectivity index (χ0v) is 15.7. The molecule has 0 radical (unpaired) electrons. The van der Waals surface area contributed by atoms with E-state index in [0.717, 1.165) is 17.9 Å². The van der Waals surface area contributed by atoms with Crippen LogP contribution in [0.1, 0.15) is 29.1 Å². The second kappa shape index (κ2) is 6.96. The van der Waals surface area contributed by atoms with Gasteiger partial charge in [-0.25, -0.2) is 0 Å². The third-order valence-corrected chi connectivity index (χ3v) is 5.19. The number of hydrogen-bond donors (Lipinski definition) is 3. The number of nitrogens with one attached hydrogen (secondary N) is 2. The number of rotatable bonds is 5. The van der Waals surface area contributed by atoms with Crippen molar-refractivity contribution in [3.05, 3.63) is 59.8 Å². The smallest absolute Gasteiger partial charge is 0.251 e. The summed E-state index contributed by atoms with van der Waals surface area (Å²) in [6, 6.07) is 16.5. The number of benzene rings is 2. The summed E-state index contributed by atoms with van der Waals surface area (Å²) in [6.45, 7) is 3.97. The molecule has 140 valence electrons. The normalized spacial score (nSPS) is 15.7. The van der Waals surface area contributed by atoms with Crippen LogP contribution >= 0.6 is 0 Å². The first-order valence-corrected chi connectivity index (χ1v) is 9.34. The molecular weight excluding hydrogens is 338 g/mol. The molecule has 1 amide bonds. The van der Waals surface area contributed by atoms with E-state index in [1.165, 1.54) is 16.6 Å². The van der Waals surface area contributed by atoms with Crippen LogP contribution in [-0.2, 0) is 6.54 Å². The maximum Gasteiger partial charge on any atom is 0.251 e. The van der Waals surface area contributed by atoms with E-state index in [1.807, 2.05) is 18.2 Å². The zero-order valence-electron chi connectivity index (χ0n) is 15.7. The molecule has 1 aliphatic heterocycles. The number of nitrogens with zero attached hydrogens (tertiary/aromatic N) is 2. The van der Waals surface area contributed by atoms with Gasteiger partial charge in [-0.05, 0) is 37.3 Å². The predicted molar refractivity (Wildman–Crippen MR) is 110 cm³/mol. The molecule has 2 aromatic carbocycles. The van der Waals surface area contributed by atoms with Crippen molar-refractivity contribution in [1.82, 2.24) is 9.88 Å². The fourth-order valence-corrected chi connectivity index (χ4v) is 3.85. The summed E-state index contributed by atoms with van der Waals surface area (Å²) in [5, 5.41) is 7.65. The molecule has 6 nitrogen and oxygen atoms in total. The molecule has 4 rings (SSSR count). The van der Waals surface area contributed by atoms with Gasteiger partial charge < -0.3 is 25.8 Å². The Kier molecular flexibility index (Phi) is 4.49. The molecule has 1 aliphatic rings. The molecule has 0 spiro atoms. The van der Waals surface area contributed by atoms with Gasteiger partial charge in [0.25, 0.3) is 5.91 Å². The van der Waals surface area contributed by atoms with Gasteiger partial charge in [0.1, 0.15) is 6.17 Å². The van der Waals surface area contributed by atoms with Crippen LogP contribution in [-0.4, -0.2) is 30.6 Å². The summed E-state index contributed by atoms with van der Waals surface area (Å²) in [5.41, 5.74) is 10.6. The van der Waals surface area contributed by atoms with Gasteiger partial charge in [-0.1, -0.05) is 18.2 Å². The molecule has 0 bridgehead atoms. The summed E-state index contributed by atoms with van der Waals surface area (Å²) >= 11 is 0. The van der Waals surface area contributed by atoms with Gasteiger partial charge in [0.05, 0.1) is 17.1 Å². The molecule has 6 heteroatoms. The quantitative estimate of drug-likeness (QED) is 0.652. The molecule has 1 aromatic heterocycles. The van der Waals surface area contributed by atoms with E-state index in [1.54, 1.807) is 0 Å². The van der Waals surface area contributed by atoms with Gasteiger partial charge in [-0.2, -0.15) is 0 Å². The predicted octanol–water partition coefficient (Wildman–Crippen LogP) is 2.91. The van der Waals surface area contributed by atoms with Gasteiger partial charge in [-0.15, -0.1) is 0 Å². The van der Waals surface area contributed by atoms with Gasteiger partial charge >= 0.3 is 0 Å². The average molecular weight is 363 g/mol. The number of carbonyl (C=O) groups is 1. The highest BCUT2D eigenvalue weighted by Gasteiger charge is 2.30. The second-order valence-corrected chi connectivity index (χ2v) is 6.81. The Labute approximate surface area is 158 Å². The topological polar surface area (TPSA) is 75.3 Å². The average Bonchev–Trinajstić information content (AvgIpc) is 3.23. The first kappa shape index (κ1) is 17.4. The van der Waals surface area contributed by atoms with Crippen LogP contribution in [0, 0.1) is 0 Å². The third-order valence-electron chi connectivity index (χ3n) is 5.19. The molecule has 27 heavy (non-hydrogen) atoms. The summed E-state index contributed by atoms with van der Waals surface area (Å²) in [5.74, 6) is -0.0983. The van der Waals surface area contributed by atoms with Crippen LogP contribution in [0.3, 0.4) is 0 Å². The van der Waals surface area contributed by atoms with Crippen LogP contribution in [0.4, 0.5) is 11.4 Å².